The fourth-order valence-electron chi connectivity index (χ4n) is 2.66. The number of carboxylic acids is 1. The smallest absolute Gasteiger partial charge is 0.353 e. The molecule has 4 rings (SSSR count). The fourth-order valence-corrected chi connectivity index (χ4v) is 3.78. The normalized spacial score (nSPS) is 25.4. The van der Waals surface area contributed by atoms with Gasteiger partial charge in [-0.25, -0.2) is 9.78 Å². The number of rotatable bonds is 2. The van der Waals surface area contributed by atoms with Gasteiger partial charge in [0.15, 0.2) is 0 Å². The molecule has 3 aliphatic rings. The number of β-lactam (4-membered cyclic amide) rings is 1. The van der Waals surface area contributed by atoms with Crippen molar-refractivity contribution in [1.82, 2.24) is 14.5 Å². The second-order valence-electron chi connectivity index (χ2n) is 4.88. The Morgan fingerprint density at radius 1 is 1.57 bits per heavy atom. The molecule has 1 amide bonds. The summed E-state index contributed by atoms with van der Waals surface area (Å²) in [6.45, 7) is 1.82. The van der Waals surface area contributed by atoms with Crippen LogP contribution in [0.15, 0.2) is 22.9 Å². The molecule has 0 unspecified atom stereocenters. The maximum Gasteiger partial charge on any atom is 0.353 e. The highest BCUT2D eigenvalue weighted by molar-refractivity contribution is 8.03. The van der Waals surface area contributed by atoms with Gasteiger partial charge in [-0.2, -0.15) is 0 Å². The first-order valence-corrected chi connectivity index (χ1v) is 7.37. The van der Waals surface area contributed by atoms with E-state index in [1.165, 1.54) is 22.1 Å². The quantitative estimate of drug-likeness (QED) is 0.637. The Morgan fingerprint density at radius 3 is 3.24 bits per heavy atom. The highest BCUT2D eigenvalue weighted by Crippen LogP contribution is 2.45. The van der Waals surface area contributed by atoms with Gasteiger partial charge in [-0.05, 0) is 6.08 Å². The lowest BCUT2D eigenvalue weighted by Crippen LogP contribution is -2.51. The molecular formula is C13H11N3O4S. The predicted octanol–water partition coefficient (Wildman–Crippen LogP) is 0.638. The summed E-state index contributed by atoms with van der Waals surface area (Å²) in [5, 5.41) is 10.3. The molecule has 0 aliphatic carbocycles. The van der Waals surface area contributed by atoms with Crippen molar-refractivity contribution in [1.29, 1.82) is 0 Å². The number of hydrogen-bond donors (Lipinski definition) is 1. The van der Waals surface area contributed by atoms with Gasteiger partial charge in [0.25, 0.3) is 5.91 Å². The van der Waals surface area contributed by atoms with Crippen molar-refractivity contribution >= 4 is 29.7 Å². The second kappa shape index (κ2) is 4.47. The van der Waals surface area contributed by atoms with Crippen LogP contribution in [-0.4, -0.2) is 43.4 Å². The molecule has 4 heterocycles. The van der Waals surface area contributed by atoms with Gasteiger partial charge in [-0.15, -0.1) is 11.8 Å². The Morgan fingerprint density at radius 2 is 2.43 bits per heavy atom. The third kappa shape index (κ3) is 1.76. The lowest BCUT2D eigenvalue weighted by molar-refractivity contribution is -0.141. The number of thioether (sulfide) groups is 1. The average molecular weight is 305 g/mol. The van der Waals surface area contributed by atoms with Gasteiger partial charge in [0.2, 0.25) is 0 Å². The van der Waals surface area contributed by atoms with Crippen molar-refractivity contribution in [2.24, 2.45) is 0 Å². The number of carboxylic acid groups (broad SMARTS) is 1. The van der Waals surface area contributed by atoms with Crippen molar-refractivity contribution < 1.29 is 19.4 Å². The van der Waals surface area contributed by atoms with E-state index in [1.54, 1.807) is 12.3 Å². The SMILES string of the molecule is O=C(O)C1=CS[C@@H]2/C(=C\c3cnc4n3CCOC4)C(=O)N12. The molecular weight excluding hydrogens is 294 g/mol. The Kier molecular flexibility index (Phi) is 2.69. The van der Waals surface area contributed by atoms with Crippen molar-refractivity contribution in [3.8, 4) is 0 Å². The molecule has 0 bridgehead atoms. The number of hydrogen-bond acceptors (Lipinski definition) is 5. The van der Waals surface area contributed by atoms with Crippen molar-refractivity contribution in [3.63, 3.8) is 0 Å². The molecule has 21 heavy (non-hydrogen) atoms. The maximum absolute atomic E-state index is 12.1. The minimum Gasteiger partial charge on any atom is -0.477 e. The van der Waals surface area contributed by atoms with Gasteiger partial charge in [-0.3, -0.25) is 9.69 Å². The van der Waals surface area contributed by atoms with Crippen LogP contribution in [0.25, 0.3) is 6.08 Å². The number of aromatic nitrogens is 2. The summed E-state index contributed by atoms with van der Waals surface area (Å²) in [5.41, 5.74) is 1.53. The van der Waals surface area contributed by atoms with E-state index < -0.39 is 5.97 Å². The van der Waals surface area contributed by atoms with E-state index >= 15 is 0 Å². The Labute approximate surface area is 123 Å². The number of imidazole rings is 1. The standard InChI is InChI=1S/C13H11N3O4S/c17-11-8(12-16(11)9(6-21-12)13(18)19)3-7-4-14-10-5-20-2-1-15(7)10/h3-4,6,12H,1-2,5H2,(H,18,19)/b8-3-/t12-/m1/s1. The number of carbonyl (C=O) groups is 2. The van der Waals surface area contributed by atoms with E-state index in [1.807, 2.05) is 4.57 Å². The Hall–Kier alpha value is -2.06. The molecule has 0 spiro atoms. The van der Waals surface area contributed by atoms with Crippen LogP contribution in [0.4, 0.5) is 0 Å². The zero-order valence-electron chi connectivity index (χ0n) is 10.9. The molecule has 1 fully saturated rings. The molecule has 8 heteroatoms. The van der Waals surface area contributed by atoms with Crippen LogP contribution in [0.3, 0.4) is 0 Å². The summed E-state index contributed by atoms with van der Waals surface area (Å²) < 4.78 is 7.35. The van der Waals surface area contributed by atoms with Crippen molar-refractivity contribution in [2.45, 2.75) is 18.5 Å². The van der Waals surface area contributed by atoms with Gasteiger partial charge in [0, 0.05) is 12.0 Å². The number of amides is 1. The van der Waals surface area contributed by atoms with E-state index in [0.717, 1.165) is 11.5 Å². The zero-order valence-corrected chi connectivity index (χ0v) is 11.7. The van der Waals surface area contributed by atoms with E-state index in [-0.39, 0.29) is 17.0 Å². The van der Waals surface area contributed by atoms with E-state index in [9.17, 15) is 9.59 Å². The summed E-state index contributed by atoms with van der Waals surface area (Å²) in [4.78, 5) is 28.8. The molecule has 3 aliphatic heterocycles. The summed E-state index contributed by atoms with van der Waals surface area (Å²) >= 11 is 1.34. The number of carbonyl (C=O) groups excluding carboxylic acids is 1. The van der Waals surface area contributed by atoms with Gasteiger partial charge in [0.1, 0.15) is 23.5 Å². The van der Waals surface area contributed by atoms with E-state index in [0.29, 0.717) is 25.3 Å². The predicted molar refractivity (Wildman–Crippen MR) is 73.8 cm³/mol. The first-order valence-electron chi connectivity index (χ1n) is 6.43. The van der Waals surface area contributed by atoms with Crippen LogP contribution in [0.5, 0.6) is 0 Å². The molecule has 1 aromatic rings. The van der Waals surface area contributed by atoms with Gasteiger partial charge >= 0.3 is 5.97 Å². The number of ether oxygens (including phenoxy) is 1. The Bertz CT molecular complexity index is 721. The Balaban J connectivity index is 1.63. The summed E-state index contributed by atoms with van der Waals surface area (Å²) in [6.07, 6.45) is 3.52. The van der Waals surface area contributed by atoms with Crippen LogP contribution in [0, 0.1) is 0 Å². The molecule has 7 nitrogen and oxygen atoms in total. The van der Waals surface area contributed by atoms with Gasteiger partial charge in [0.05, 0.1) is 24.1 Å². The number of nitrogens with zero attached hydrogens (tertiary/aromatic N) is 3. The second-order valence-corrected chi connectivity index (χ2v) is 5.83. The molecule has 1 N–H and O–H groups in total. The zero-order chi connectivity index (χ0) is 14.6. The van der Waals surface area contributed by atoms with Crippen LogP contribution < -0.4 is 0 Å². The molecule has 1 atom stereocenters. The van der Waals surface area contributed by atoms with Crippen molar-refractivity contribution in [2.75, 3.05) is 6.61 Å². The average Bonchev–Trinajstić information content (AvgIpc) is 3.06. The van der Waals surface area contributed by atoms with Crippen LogP contribution in [-0.2, 0) is 27.5 Å². The van der Waals surface area contributed by atoms with E-state index in [4.69, 9.17) is 9.84 Å². The molecule has 1 aromatic heterocycles. The van der Waals surface area contributed by atoms with Crippen LogP contribution in [0.2, 0.25) is 0 Å². The third-order valence-corrected chi connectivity index (χ3v) is 4.80. The highest BCUT2D eigenvalue weighted by Gasteiger charge is 2.49. The molecule has 0 saturated carbocycles. The van der Waals surface area contributed by atoms with Gasteiger partial charge in [-0.1, -0.05) is 0 Å². The minimum atomic E-state index is -1.07. The van der Waals surface area contributed by atoms with Gasteiger partial charge < -0.3 is 14.4 Å². The highest BCUT2D eigenvalue weighted by atomic mass is 32.2. The van der Waals surface area contributed by atoms with Crippen LogP contribution in [0.1, 0.15) is 11.5 Å². The first-order chi connectivity index (χ1) is 10.2. The fraction of sp³-hybridized carbons (Fsp3) is 0.308. The lowest BCUT2D eigenvalue weighted by Gasteiger charge is -2.37. The monoisotopic (exact) mass is 305 g/mol. The van der Waals surface area contributed by atoms with Crippen LogP contribution >= 0.6 is 11.8 Å². The topological polar surface area (TPSA) is 84.7 Å². The minimum absolute atomic E-state index is 0.0517. The number of fused-ring (bicyclic) bond motifs is 2. The maximum atomic E-state index is 12.1. The largest absolute Gasteiger partial charge is 0.477 e. The molecule has 108 valence electrons. The van der Waals surface area contributed by atoms with E-state index in [2.05, 4.69) is 4.98 Å². The summed E-state index contributed by atoms with van der Waals surface area (Å²) in [6, 6.07) is 0. The number of aliphatic carboxylic acids is 1. The van der Waals surface area contributed by atoms with Crippen molar-refractivity contribution in [3.05, 3.63) is 34.4 Å². The summed E-state index contributed by atoms with van der Waals surface area (Å²) in [5.74, 6) is -0.474. The third-order valence-electron chi connectivity index (χ3n) is 3.72. The first kappa shape index (κ1) is 12.7. The lowest BCUT2D eigenvalue weighted by atomic mass is 10.0. The summed E-state index contributed by atoms with van der Waals surface area (Å²) in [7, 11) is 0. The molecule has 0 aromatic carbocycles. The molecule has 0 radical (unpaired) electrons. The molecule has 1 saturated heterocycles.